The molecule has 0 saturated carbocycles. The van der Waals surface area contributed by atoms with Gasteiger partial charge >= 0.3 is 0 Å². The van der Waals surface area contributed by atoms with Crippen molar-refractivity contribution in [2.75, 3.05) is 36.1 Å². The highest BCUT2D eigenvalue weighted by Crippen LogP contribution is 2.29. The number of fused-ring (bicyclic) bond motifs is 1. The molecular weight excluding hydrogens is 502 g/mol. The van der Waals surface area contributed by atoms with Crippen LogP contribution in [0.5, 0.6) is 0 Å². The van der Waals surface area contributed by atoms with Gasteiger partial charge in [-0.3, -0.25) is 4.79 Å². The Balaban J connectivity index is 1.62. The monoisotopic (exact) mass is 528 g/mol. The van der Waals surface area contributed by atoms with E-state index in [0.717, 1.165) is 18.6 Å². The normalized spacial score (nSPS) is 12.0. The Labute approximate surface area is 214 Å². The summed E-state index contributed by atoms with van der Waals surface area (Å²) < 4.78 is 49.4. The van der Waals surface area contributed by atoms with Crippen molar-refractivity contribution in [3.05, 3.63) is 65.7 Å². The molecule has 9 nitrogen and oxygen atoms in total. The Bertz CT molecular complexity index is 1430. The van der Waals surface area contributed by atoms with E-state index in [1.165, 1.54) is 6.20 Å². The number of halogens is 2. The van der Waals surface area contributed by atoms with Gasteiger partial charge in [0.15, 0.2) is 5.82 Å². The summed E-state index contributed by atoms with van der Waals surface area (Å²) in [5, 5.41) is 3.48. The van der Waals surface area contributed by atoms with Gasteiger partial charge in [-0.2, -0.15) is 0 Å². The second-order valence-corrected chi connectivity index (χ2v) is 9.46. The zero-order valence-corrected chi connectivity index (χ0v) is 21.1. The van der Waals surface area contributed by atoms with Crippen molar-refractivity contribution < 1.29 is 22.5 Å². The molecule has 0 aliphatic heterocycles. The lowest BCUT2D eigenvalue weighted by Gasteiger charge is -2.10. The molecule has 3 N–H and O–H groups in total. The molecule has 0 radical (unpaired) electrons. The number of carbonyl (C=O) groups excluding carboxylic acids is 1. The fraction of sp³-hybridized carbons (Fsp3) is 0.280. The van der Waals surface area contributed by atoms with Crippen LogP contribution in [0, 0.1) is 11.6 Å². The number of carbonyl (C=O) groups is 1. The Kier molecular flexibility index (Phi) is 8.51. The van der Waals surface area contributed by atoms with Gasteiger partial charge < -0.3 is 19.8 Å². The van der Waals surface area contributed by atoms with Gasteiger partial charge in [0.25, 0.3) is 0 Å². The minimum atomic E-state index is -1.56. The predicted octanol–water partition coefficient (Wildman–Crippen LogP) is 4.46. The van der Waals surface area contributed by atoms with Crippen LogP contribution in [0.4, 0.5) is 20.4 Å². The van der Waals surface area contributed by atoms with Gasteiger partial charge in [-0.05, 0) is 31.0 Å². The number of aromatic nitrogens is 4. The molecule has 0 aliphatic rings. The van der Waals surface area contributed by atoms with Crippen molar-refractivity contribution in [1.82, 2.24) is 19.9 Å². The Morgan fingerprint density at radius 3 is 2.62 bits per heavy atom. The van der Waals surface area contributed by atoms with Crippen LogP contribution in [0.3, 0.4) is 0 Å². The first-order valence-corrected chi connectivity index (χ1v) is 12.9. The molecule has 0 saturated heterocycles. The van der Waals surface area contributed by atoms with Crippen LogP contribution >= 0.6 is 0 Å². The molecule has 3 heterocycles. The van der Waals surface area contributed by atoms with Crippen LogP contribution in [-0.2, 0) is 15.7 Å². The molecule has 3 aromatic heterocycles. The number of hydrogen-bond acceptors (Lipinski definition) is 7. The minimum Gasteiger partial charge on any atom is -0.385 e. The van der Waals surface area contributed by atoms with Crippen LogP contribution in [0.15, 0.2) is 43.0 Å². The van der Waals surface area contributed by atoms with E-state index < -0.39 is 34.0 Å². The third-order valence-electron chi connectivity index (χ3n) is 5.50. The van der Waals surface area contributed by atoms with Crippen molar-refractivity contribution in [2.45, 2.75) is 19.8 Å². The maximum absolute atomic E-state index is 15.2. The maximum Gasteiger partial charge on any atom is 0.222 e. The zero-order valence-electron chi connectivity index (χ0n) is 20.3. The summed E-state index contributed by atoms with van der Waals surface area (Å²) in [6.07, 6.45) is 7.61. The van der Waals surface area contributed by atoms with E-state index in [1.807, 2.05) is 6.92 Å². The van der Waals surface area contributed by atoms with Crippen molar-refractivity contribution in [2.24, 2.45) is 0 Å². The summed E-state index contributed by atoms with van der Waals surface area (Å²) in [5.41, 5.74) is 0.757. The first-order valence-electron chi connectivity index (χ1n) is 11.6. The predicted molar refractivity (Wildman–Crippen MR) is 139 cm³/mol. The second kappa shape index (κ2) is 12.0. The highest BCUT2D eigenvalue weighted by molar-refractivity contribution is 7.86. The molecule has 0 amide bonds. The van der Waals surface area contributed by atoms with Crippen molar-refractivity contribution in [3.8, 4) is 11.1 Å². The molecule has 12 heteroatoms. The Morgan fingerprint density at radius 1 is 1.14 bits per heavy atom. The van der Waals surface area contributed by atoms with Crippen LogP contribution in [0.25, 0.3) is 22.2 Å². The van der Waals surface area contributed by atoms with Gasteiger partial charge in [-0.25, -0.2) is 27.9 Å². The highest BCUT2D eigenvalue weighted by atomic mass is 32.2. The fourth-order valence-corrected chi connectivity index (χ4v) is 4.54. The number of H-pyrrole nitrogens is 1. The third kappa shape index (κ3) is 5.97. The molecule has 37 heavy (non-hydrogen) atoms. The lowest BCUT2D eigenvalue weighted by Crippen LogP contribution is -2.13. The molecule has 1 aromatic carbocycles. The number of methoxy groups -OCH3 is 1. The lowest BCUT2D eigenvalue weighted by molar-refractivity contribution is 0.103. The van der Waals surface area contributed by atoms with Gasteiger partial charge in [0, 0.05) is 72.9 Å². The number of rotatable bonds is 12. The SMILES string of the molecule is CCCS(=O)Nc1ccc(F)c(C(=O)c2c[nH]c3ncc(-c4cnc(NCCCOC)nc4)cc23)c1F. The topological polar surface area (TPSA) is 122 Å². The van der Waals surface area contributed by atoms with E-state index in [1.54, 1.807) is 31.8 Å². The quantitative estimate of drug-likeness (QED) is 0.183. The molecule has 0 bridgehead atoms. The van der Waals surface area contributed by atoms with E-state index >= 15 is 4.39 Å². The average molecular weight is 529 g/mol. The number of benzene rings is 1. The molecule has 1 unspecified atom stereocenters. The summed E-state index contributed by atoms with van der Waals surface area (Å²) in [6.45, 7) is 3.12. The number of anilines is 2. The van der Waals surface area contributed by atoms with Gasteiger partial charge in [0.05, 0.1) is 11.3 Å². The highest BCUT2D eigenvalue weighted by Gasteiger charge is 2.25. The molecule has 4 aromatic rings. The first kappa shape index (κ1) is 26.3. The summed E-state index contributed by atoms with van der Waals surface area (Å²) in [6, 6.07) is 3.78. The molecular formula is C25H26F2N6O3S. The van der Waals surface area contributed by atoms with Crippen molar-refractivity contribution in [1.29, 1.82) is 0 Å². The smallest absolute Gasteiger partial charge is 0.222 e. The van der Waals surface area contributed by atoms with Gasteiger partial charge in [-0.1, -0.05) is 6.92 Å². The average Bonchev–Trinajstić information content (AvgIpc) is 3.32. The number of ketones is 1. The number of nitrogens with one attached hydrogen (secondary N) is 3. The van der Waals surface area contributed by atoms with Crippen molar-refractivity contribution >= 4 is 39.4 Å². The van der Waals surface area contributed by atoms with Gasteiger partial charge in [0.1, 0.15) is 22.5 Å². The van der Waals surface area contributed by atoms with E-state index in [-0.39, 0.29) is 17.0 Å². The van der Waals surface area contributed by atoms with E-state index in [2.05, 4.69) is 30.0 Å². The van der Waals surface area contributed by atoms with Crippen LogP contribution in [-0.4, -0.2) is 55.9 Å². The minimum absolute atomic E-state index is 0.0475. The summed E-state index contributed by atoms with van der Waals surface area (Å²) in [5.74, 6) is -2.24. The third-order valence-corrected chi connectivity index (χ3v) is 6.73. The number of hydrogen-bond donors (Lipinski definition) is 3. The standard InChI is InChI=1S/C25H26F2N6O3S/c1-3-9-37(35)33-20-6-5-19(26)21(22(20)27)23(34)18-14-30-24-17(18)10-15(11-29-24)16-12-31-25(32-13-16)28-7-4-8-36-2/h5-6,10-14,33H,3-4,7-9H2,1-2H3,(H,29,30)(H,28,31,32). The maximum atomic E-state index is 15.2. The molecule has 1 atom stereocenters. The number of aromatic amines is 1. The van der Waals surface area contributed by atoms with Crippen LogP contribution in [0.2, 0.25) is 0 Å². The van der Waals surface area contributed by atoms with E-state index in [4.69, 9.17) is 4.74 Å². The Morgan fingerprint density at radius 2 is 1.89 bits per heavy atom. The Hall–Kier alpha value is -3.77. The first-order chi connectivity index (χ1) is 17.9. The lowest BCUT2D eigenvalue weighted by atomic mass is 10.0. The summed E-state index contributed by atoms with van der Waals surface area (Å²) in [7, 11) is 0.0781. The van der Waals surface area contributed by atoms with Gasteiger partial charge in [0.2, 0.25) is 11.7 Å². The summed E-state index contributed by atoms with van der Waals surface area (Å²) >= 11 is 0. The summed E-state index contributed by atoms with van der Waals surface area (Å²) in [4.78, 5) is 29.1. The zero-order chi connectivity index (χ0) is 26.4. The number of nitrogens with zero attached hydrogens (tertiary/aromatic N) is 3. The molecule has 194 valence electrons. The van der Waals surface area contributed by atoms with E-state index in [9.17, 15) is 13.4 Å². The number of ether oxygens (including phenoxy) is 1. The van der Waals surface area contributed by atoms with Crippen molar-refractivity contribution in [3.63, 3.8) is 0 Å². The fourth-order valence-electron chi connectivity index (χ4n) is 3.67. The van der Waals surface area contributed by atoms with Gasteiger partial charge in [-0.15, -0.1) is 0 Å². The van der Waals surface area contributed by atoms with E-state index in [0.29, 0.717) is 47.7 Å². The molecule has 0 aliphatic carbocycles. The molecule has 0 fully saturated rings. The van der Waals surface area contributed by atoms with Crippen LogP contribution < -0.4 is 10.0 Å². The molecule has 4 rings (SSSR count). The number of pyridine rings is 1. The largest absolute Gasteiger partial charge is 0.385 e. The second-order valence-electron chi connectivity index (χ2n) is 8.16. The van der Waals surface area contributed by atoms with Crippen LogP contribution in [0.1, 0.15) is 35.7 Å². The molecule has 0 spiro atoms.